The molecule has 108 valence electrons. The number of anilines is 1. The molecule has 0 radical (unpaired) electrons. The molecule has 0 bridgehead atoms. The van der Waals surface area contributed by atoms with Gasteiger partial charge >= 0.3 is 0 Å². The number of ether oxygens (including phenoxy) is 1. The summed E-state index contributed by atoms with van der Waals surface area (Å²) in [4.78, 5) is 2.28. The third kappa shape index (κ3) is 4.73. The average Bonchev–Trinajstić information content (AvgIpc) is 2.46. The fourth-order valence-electron chi connectivity index (χ4n) is 2.09. The molecule has 0 aromatic heterocycles. The molecule has 0 saturated carbocycles. The molecule has 0 spiro atoms. The quantitative estimate of drug-likeness (QED) is 0.671. The molecule has 1 aromatic carbocycles. The van der Waals surface area contributed by atoms with Crippen LogP contribution < -0.4 is 15.0 Å². The van der Waals surface area contributed by atoms with Crippen LogP contribution in [0.5, 0.6) is 5.75 Å². The summed E-state index contributed by atoms with van der Waals surface area (Å²) in [5.74, 6) is 0.921. The van der Waals surface area contributed by atoms with Crippen LogP contribution in [-0.2, 0) is 6.54 Å². The smallest absolute Gasteiger partial charge is 0.142 e. The molecule has 19 heavy (non-hydrogen) atoms. The highest BCUT2D eigenvalue weighted by molar-refractivity contribution is 5.59. The molecule has 1 aromatic rings. The first-order chi connectivity index (χ1) is 9.26. The van der Waals surface area contributed by atoms with Crippen LogP contribution in [0.4, 0.5) is 5.69 Å². The predicted octanol–water partition coefficient (Wildman–Crippen LogP) is 2.01. The van der Waals surface area contributed by atoms with Crippen molar-refractivity contribution in [3.8, 4) is 5.75 Å². The van der Waals surface area contributed by atoms with Crippen LogP contribution in [0.1, 0.15) is 25.8 Å². The van der Waals surface area contributed by atoms with Crippen LogP contribution in [-0.4, -0.2) is 38.5 Å². The minimum Gasteiger partial charge on any atom is -0.495 e. The van der Waals surface area contributed by atoms with Gasteiger partial charge in [-0.2, -0.15) is 0 Å². The van der Waals surface area contributed by atoms with Gasteiger partial charge in [0.25, 0.3) is 0 Å². The third-order valence-electron chi connectivity index (χ3n) is 3.19. The van der Waals surface area contributed by atoms with Crippen molar-refractivity contribution in [3.05, 3.63) is 23.8 Å². The Bertz CT molecular complexity index is 365. The van der Waals surface area contributed by atoms with E-state index in [-0.39, 0.29) is 6.61 Å². The van der Waals surface area contributed by atoms with Crippen molar-refractivity contribution < 1.29 is 9.84 Å². The van der Waals surface area contributed by atoms with E-state index in [4.69, 9.17) is 9.84 Å². The van der Waals surface area contributed by atoms with Gasteiger partial charge in [-0.1, -0.05) is 6.07 Å². The summed E-state index contributed by atoms with van der Waals surface area (Å²) in [6, 6.07) is 6.33. The Kier molecular flexibility index (Phi) is 7.30. The first-order valence-corrected chi connectivity index (χ1v) is 7.00. The van der Waals surface area contributed by atoms with Crippen LogP contribution in [0.3, 0.4) is 0 Å². The summed E-state index contributed by atoms with van der Waals surface area (Å²) in [6.07, 6.45) is 0.786. The molecular weight excluding hydrogens is 240 g/mol. The lowest BCUT2D eigenvalue weighted by atomic mass is 10.1. The lowest BCUT2D eigenvalue weighted by Crippen LogP contribution is -2.22. The Balaban J connectivity index is 2.72. The van der Waals surface area contributed by atoms with Crippen LogP contribution in [0.2, 0.25) is 0 Å². The van der Waals surface area contributed by atoms with Gasteiger partial charge in [-0.3, -0.25) is 0 Å². The molecule has 4 heteroatoms. The van der Waals surface area contributed by atoms with Crippen molar-refractivity contribution in [3.63, 3.8) is 0 Å². The van der Waals surface area contributed by atoms with Crippen molar-refractivity contribution in [1.82, 2.24) is 5.32 Å². The molecule has 0 aliphatic heterocycles. The number of nitrogens with zero attached hydrogens (tertiary/aromatic N) is 1. The predicted molar refractivity (Wildman–Crippen MR) is 80.0 cm³/mol. The number of aliphatic hydroxyl groups is 1. The van der Waals surface area contributed by atoms with E-state index in [9.17, 15) is 0 Å². The third-order valence-corrected chi connectivity index (χ3v) is 3.19. The lowest BCUT2D eigenvalue weighted by Gasteiger charge is -2.23. The number of hydrogen-bond acceptors (Lipinski definition) is 4. The molecule has 0 aliphatic carbocycles. The molecule has 0 unspecified atom stereocenters. The SMILES string of the molecule is CCN(CC)c1ccc(CNCCCO)cc1OC. The maximum Gasteiger partial charge on any atom is 0.142 e. The molecule has 0 fully saturated rings. The van der Waals surface area contributed by atoms with E-state index in [1.54, 1.807) is 7.11 Å². The van der Waals surface area contributed by atoms with Gasteiger partial charge in [0.05, 0.1) is 12.8 Å². The second-order valence-corrected chi connectivity index (χ2v) is 4.43. The Hall–Kier alpha value is -1.26. The minimum absolute atomic E-state index is 0.233. The Labute approximate surface area is 116 Å². The molecule has 0 saturated heterocycles. The normalized spacial score (nSPS) is 10.5. The van der Waals surface area contributed by atoms with Crippen LogP contribution in [0.25, 0.3) is 0 Å². The average molecular weight is 266 g/mol. The zero-order chi connectivity index (χ0) is 14.1. The zero-order valence-corrected chi connectivity index (χ0v) is 12.3. The van der Waals surface area contributed by atoms with Crippen LogP contribution >= 0.6 is 0 Å². The summed E-state index contributed by atoms with van der Waals surface area (Å²) in [6.45, 7) is 8.10. The highest BCUT2D eigenvalue weighted by Crippen LogP contribution is 2.29. The summed E-state index contributed by atoms with van der Waals surface area (Å²) in [5.41, 5.74) is 2.34. The van der Waals surface area contributed by atoms with E-state index in [0.717, 1.165) is 44.0 Å². The number of methoxy groups -OCH3 is 1. The van der Waals surface area contributed by atoms with Gasteiger partial charge in [0.15, 0.2) is 0 Å². The second kappa shape index (κ2) is 8.77. The van der Waals surface area contributed by atoms with Gasteiger partial charge in [0.2, 0.25) is 0 Å². The largest absolute Gasteiger partial charge is 0.495 e. The van der Waals surface area contributed by atoms with Crippen molar-refractivity contribution >= 4 is 5.69 Å². The fraction of sp³-hybridized carbons (Fsp3) is 0.600. The molecule has 4 nitrogen and oxygen atoms in total. The topological polar surface area (TPSA) is 44.7 Å². The molecule has 0 aliphatic rings. The Morgan fingerprint density at radius 2 is 2.00 bits per heavy atom. The molecular formula is C15H26N2O2. The number of aliphatic hydroxyl groups excluding tert-OH is 1. The van der Waals surface area contributed by atoms with Gasteiger partial charge in [-0.15, -0.1) is 0 Å². The number of nitrogens with one attached hydrogen (secondary N) is 1. The maximum atomic E-state index is 8.73. The highest BCUT2D eigenvalue weighted by Gasteiger charge is 2.09. The van der Waals surface area contributed by atoms with Gasteiger partial charge in [-0.05, 0) is 44.5 Å². The summed E-state index contributed by atoms with van der Waals surface area (Å²) in [5, 5.41) is 12.0. The Morgan fingerprint density at radius 3 is 2.58 bits per heavy atom. The van der Waals surface area contributed by atoms with E-state index < -0.39 is 0 Å². The molecule has 0 atom stereocenters. The van der Waals surface area contributed by atoms with E-state index in [1.165, 1.54) is 5.56 Å². The van der Waals surface area contributed by atoms with Crippen LogP contribution in [0, 0.1) is 0 Å². The van der Waals surface area contributed by atoms with E-state index >= 15 is 0 Å². The highest BCUT2D eigenvalue weighted by atomic mass is 16.5. The number of benzene rings is 1. The van der Waals surface area contributed by atoms with E-state index in [1.807, 2.05) is 0 Å². The lowest BCUT2D eigenvalue weighted by molar-refractivity contribution is 0.286. The van der Waals surface area contributed by atoms with Crippen molar-refractivity contribution in [1.29, 1.82) is 0 Å². The van der Waals surface area contributed by atoms with E-state index in [2.05, 4.69) is 42.3 Å². The standard InChI is InChI=1S/C15H26N2O2/c1-4-17(5-2)14-8-7-13(11-15(14)19-3)12-16-9-6-10-18/h7-8,11,16,18H,4-6,9-10,12H2,1-3H3. The molecule has 0 heterocycles. The second-order valence-electron chi connectivity index (χ2n) is 4.43. The molecule has 1 rings (SSSR count). The molecule has 0 amide bonds. The van der Waals surface area contributed by atoms with E-state index in [0.29, 0.717) is 0 Å². The zero-order valence-electron chi connectivity index (χ0n) is 12.3. The van der Waals surface area contributed by atoms with Gasteiger partial charge in [0.1, 0.15) is 5.75 Å². The Morgan fingerprint density at radius 1 is 1.26 bits per heavy atom. The number of rotatable bonds is 9. The first kappa shape index (κ1) is 15.8. The summed E-state index contributed by atoms with van der Waals surface area (Å²) in [7, 11) is 1.71. The first-order valence-electron chi connectivity index (χ1n) is 7.00. The summed E-state index contributed by atoms with van der Waals surface area (Å²) >= 11 is 0. The monoisotopic (exact) mass is 266 g/mol. The van der Waals surface area contributed by atoms with Crippen molar-refractivity contribution in [2.45, 2.75) is 26.8 Å². The van der Waals surface area contributed by atoms with Crippen molar-refractivity contribution in [2.24, 2.45) is 0 Å². The fourth-order valence-corrected chi connectivity index (χ4v) is 2.09. The van der Waals surface area contributed by atoms with Gasteiger partial charge in [-0.25, -0.2) is 0 Å². The summed E-state index contributed by atoms with van der Waals surface area (Å²) < 4.78 is 5.49. The van der Waals surface area contributed by atoms with Crippen LogP contribution in [0.15, 0.2) is 18.2 Å². The van der Waals surface area contributed by atoms with Crippen molar-refractivity contribution in [2.75, 3.05) is 38.3 Å². The van der Waals surface area contributed by atoms with Gasteiger partial charge in [0, 0.05) is 26.2 Å². The minimum atomic E-state index is 0.233. The van der Waals surface area contributed by atoms with Gasteiger partial charge < -0.3 is 20.1 Å². The number of hydrogen-bond donors (Lipinski definition) is 2. The maximum absolute atomic E-state index is 8.73. The molecule has 2 N–H and O–H groups in total.